The molecule has 2 N–H and O–H groups in total. The van der Waals surface area contributed by atoms with Gasteiger partial charge in [0, 0.05) is 23.8 Å². The van der Waals surface area contributed by atoms with E-state index in [1.54, 1.807) is 12.1 Å². The number of unbranched alkanes of at least 4 members (excludes halogenated alkanes) is 1. The third-order valence-corrected chi connectivity index (χ3v) is 3.52. The first kappa shape index (κ1) is 17.8. The van der Waals surface area contributed by atoms with Crippen LogP contribution in [0.3, 0.4) is 0 Å². The van der Waals surface area contributed by atoms with Crippen LogP contribution >= 0.6 is 11.6 Å². The molecule has 0 heterocycles. The third-order valence-electron chi connectivity index (χ3n) is 3.29. The van der Waals surface area contributed by atoms with Crippen molar-refractivity contribution >= 4 is 23.2 Å². The van der Waals surface area contributed by atoms with Crippen LogP contribution in [0.1, 0.15) is 56.8 Å². The average Bonchev–Trinajstić information content (AvgIpc) is 2.45. The fraction of sp³-hybridized carbons (Fsp3) is 0.588. The second-order valence-electron chi connectivity index (χ2n) is 5.76. The van der Waals surface area contributed by atoms with Crippen molar-refractivity contribution in [3.8, 4) is 0 Å². The highest BCUT2D eigenvalue weighted by Gasteiger charge is 2.11. The molecule has 0 saturated carbocycles. The summed E-state index contributed by atoms with van der Waals surface area (Å²) in [6, 6.07) is 5.40. The van der Waals surface area contributed by atoms with E-state index in [0.29, 0.717) is 17.1 Å². The van der Waals surface area contributed by atoms with Crippen molar-refractivity contribution in [2.45, 2.75) is 46.5 Å². The normalized spacial score (nSPS) is 10.7. The summed E-state index contributed by atoms with van der Waals surface area (Å²) < 4.78 is 0. The molecule has 4 heteroatoms. The summed E-state index contributed by atoms with van der Waals surface area (Å²) in [6.45, 7) is 8.09. The first-order valence-electron chi connectivity index (χ1n) is 7.86. The number of halogens is 1. The molecule has 1 aromatic carbocycles. The zero-order valence-electron chi connectivity index (χ0n) is 13.3. The lowest BCUT2D eigenvalue weighted by atomic mass is 10.1. The van der Waals surface area contributed by atoms with E-state index in [1.807, 2.05) is 6.07 Å². The van der Waals surface area contributed by atoms with Gasteiger partial charge in [-0.3, -0.25) is 4.79 Å². The van der Waals surface area contributed by atoms with Crippen LogP contribution in [0, 0.1) is 5.92 Å². The van der Waals surface area contributed by atoms with E-state index in [2.05, 4.69) is 31.4 Å². The molecule has 1 aromatic rings. The van der Waals surface area contributed by atoms with Crippen LogP contribution in [-0.2, 0) is 0 Å². The number of nitrogens with one attached hydrogen (secondary N) is 2. The molecular weight excluding hydrogens is 284 g/mol. The summed E-state index contributed by atoms with van der Waals surface area (Å²) in [5.74, 6) is 0.666. The third kappa shape index (κ3) is 6.85. The Morgan fingerprint density at radius 1 is 1.24 bits per heavy atom. The van der Waals surface area contributed by atoms with E-state index in [0.717, 1.165) is 37.4 Å². The Balaban J connectivity index is 2.53. The van der Waals surface area contributed by atoms with Gasteiger partial charge < -0.3 is 10.6 Å². The van der Waals surface area contributed by atoms with Crippen molar-refractivity contribution in [2.75, 3.05) is 18.4 Å². The SMILES string of the molecule is CCCNc1ccc(Cl)cc1C(=O)NCCCCC(C)C. The quantitative estimate of drug-likeness (QED) is 0.648. The summed E-state index contributed by atoms with van der Waals surface area (Å²) in [5.41, 5.74) is 1.47. The Hall–Kier alpha value is -1.22. The van der Waals surface area contributed by atoms with E-state index in [9.17, 15) is 4.79 Å². The van der Waals surface area contributed by atoms with Crippen LogP contribution in [0.5, 0.6) is 0 Å². The van der Waals surface area contributed by atoms with E-state index in [4.69, 9.17) is 11.6 Å². The van der Waals surface area contributed by atoms with Crippen molar-refractivity contribution in [1.82, 2.24) is 5.32 Å². The van der Waals surface area contributed by atoms with Crippen LogP contribution in [0.25, 0.3) is 0 Å². The highest BCUT2D eigenvalue weighted by Crippen LogP contribution is 2.20. The van der Waals surface area contributed by atoms with Crippen molar-refractivity contribution in [3.63, 3.8) is 0 Å². The molecular formula is C17H27ClN2O. The van der Waals surface area contributed by atoms with Crippen LogP contribution in [0.15, 0.2) is 18.2 Å². The Bertz CT molecular complexity index is 446. The molecule has 0 spiro atoms. The molecule has 21 heavy (non-hydrogen) atoms. The summed E-state index contributed by atoms with van der Waals surface area (Å²) in [5, 5.41) is 6.83. The van der Waals surface area contributed by atoms with Gasteiger partial charge in [-0.05, 0) is 37.0 Å². The number of carbonyl (C=O) groups is 1. The topological polar surface area (TPSA) is 41.1 Å². The number of benzene rings is 1. The van der Waals surface area contributed by atoms with Gasteiger partial charge in [0.05, 0.1) is 5.56 Å². The minimum absolute atomic E-state index is 0.0550. The number of amides is 1. The Morgan fingerprint density at radius 3 is 2.67 bits per heavy atom. The molecule has 0 fully saturated rings. The molecule has 0 aliphatic heterocycles. The molecule has 0 aliphatic rings. The monoisotopic (exact) mass is 310 g/mol. The van der Waals surface area contributed by atoms with E-state index in [-0.39, 0.29) is 5.91 Å². The van der Waals surface area contributed by atoms with Crippen LogP contribution < -0.4 is 10.6 Å². The van der Waals surface area contributed by atoms with Crippen LogP contribution in [0.4, 0.5) is 5.69 Å². The Morgan fingerprint density at radius 2 is 2.00 bits per heavy atom. The van der Waals surface area contributed by atoms with E-state index >= 15 is 0 Å². The minimum atomic E-state index is -0.0550. The van der Waals surface area contributed by atoms with Gasteiger partial charge in [-0.25, -0.2) is 0 Å². The smallest absolute Gasteiger partial charge is 0.253 e. The molecule has 0 unspecified atom stereocenters. The molecule has 0 saturated heterocycles. The largest absolute Gasteiger partial charge is 0.384 e. The van der Waals surface area contributed by atoms with Crippen molar-refractivity contribution in [2.24, 2.45) is 5.92 Å². The summed E-state index contributed by atoms with van der Waals surface area (Å²) in [7, 11) is 0. The first-order valence-corrected chi connectivity index (χ1v) is 8.24. The second kappa shape index (κ2) is 9.67. The number of hydrogen-bond acceptors (Lipinski definition) is 2. The number of hydrogen-bond donors (Lipinski definition) is 2. The van der Waals surface area contributed by atoms with Gasteiger partial charge in [-0.2, -0.15) is 0 Å². The molecule has 0 bridgehead atoms. The fourth-order valence-corrected chi connectivity index (χ4v) is 2.26. The number of carbonyl (C=O) groups excluding carboxylic acids is 1. The number of rotatable bonds is 9. The molecule has 0 aromatic heterocycles. The zero-order chi connectivity index (χ0) is 15.7. The van der Waals surface area contributed by atoms with Crippen molar-refractivity contribution < 1.29 is 4.79 Å². The molecule has 1 amide bonds. The Labute approximate surface area is 133 Å². The standard InChI is InChI=1S/C17H27ClN2O/c1-4-10-19-16-9-8-14(18)12-15(16)17(21)20-11-6-5-7-13(2)3/h8-9,12-13,19H,4-7,10-11H2,1-3H3,(H,20,21). The predicted molar refractivity (Wildman–Crippen MR) is 91.3 cm³/mol. The van der Waals surface area contributed by atoms with Gasteiger partial charge in [-0.15, -0.1) is 0 Å². The Kier molecular flexibility index (Phi) is 8.21. The predicted octanol–water partition coefficient (Wildman–Crippen LogP) is 4.72. The highest BCUT2D eigenvalue weighted by molar-refractivity contribution is 6.31. The van der Waals surface area contributed by atoms with Crippen LogP contribution in [-0.4, -0.2) is 19.0 Å². The maximum atomic E-state index is 12.3. The van der Waals surface area contributed by atoms with Gasteiger partial charge >= 0.3 is 0 Å². The minimum Gasteiger partial charge on any atom is -0.384 e. The molecule has 0 radical (unpaired) electrons. The lowest BCUT2D eigenvalue weighted by Gasteiger charge is -2.12. The van der Waals surface area contributed by atoms with Crippen molar-refractivity contribution in [1.29, 1.82) is 0 Å². The van der Waals surface area contributed by atoms with Gasteiger partial charge in [-0.1, -0.05) is 45.2 Å². The second-order valence-corrected chi connectivity index (χ2v) is 6.20. The number of anilines is 1. The molecule has 0 aliphatic carbocycles. The molecule has 3 nitrogen and oxygen atoms in total. The lowest BCUT2D eigenvalue weighted by Crippen LogP contribution is -2.25. The fourth-order valence-electron chi connectivity index (χ4n) is 2.09. The lowest BCUT2D eigenvalue weighted by molar-refractivity contribution is 0.0953. The van der Waals surface area contributed by atoms with Gasteiger partial charge in [0.15, 0.2) is 0 Å². The maximum absolute atomic E-state index is 12.3. The first-order chi connectivity index (χ1) is 10.0. The van der Waals surface area contributed by atoms with Crippen molar-refractivity contribution in [3.05, 3.63) is 28.8 Å². The summed E-state index contributed by atoms with van der Waals surface area (Å²) in [6.07, 6.45) is 4.38. The van der Waals surface area contributed by atoms with E-state index in [1.165, 1.54) is 6.42 Å². The van der Waals surface area contributed by atoms with Gasteiger partial charge in [0.2, 0.25) is 0 Å². The zero-order valence-corrected chi connectivity index (χ0v) is 14.1. The highest BCUT2D eigenvalue weighted by atomic mass is 35.5. The average molecular weight is 311 g/mol. The van der Waals surface area contributed by atoms with Crippen LogP contribution in [0.2, 0.25) is 5.02 Å². The maximum Gasteiger partial charge on any atom is 0.253 e. The summed E-state index contributed by atoms with van der Waals surface area (Å²) in [4.78, 5) is 12.3. The molecule has 1 rings (SSSR count). The van der Waals surface area contributed by atoms with Gasteiger partial charge in [0.1, 0.15) is 0 Å². The molecule has 118 valence electrons. The van der Waals surface area contributed by atoms with E-state index < -0.39 is 0 Å². The summed E-state index contributed by atoms with van der Waals surface area (Å²) >= 11 is 6.01. The molecule has 0 atom stereocenters. The van der Waals surface area contributed by atoms with Gasteiger partial charge in [0.25, 0.3) is 5.91 Å².